The van der Waals surface area contributed by atoms with Crippen LogP contribution in [0.2, 0.25) is 5.02 Å². The van der Waals surface area contributed by atoms with Crippen LogP contribution in [0.5, 0.6) is 11.5 Å². The summed E-state index contributed by atoms with van der Waals surface area (Å²) in [6.45, 7) is 0.0512. The smallest absolute Gasteiger partial charge is 0.335 e. The molecule has 0 heterocycles. The standard InChI is InChI=1S/C15H12ClFO4/c1-20-13-4-2-9(15(18)19)6-10(13)8-21-14-5-3-11(17)7-12(14)16/h2-7H,8H2,1H3,(H,18,19). The Labute approximate surface area is 125 Å². The summed E-state index contributed by atoms with van der Waals surface area (Å²) in [5.41, 5.74) is 0.678. The number of benzene rings is 2. The molecule has 0 saturated heterocycles. The molecule has 2 aromatic rings. The summed E-state index contributed by atoms with van der Waals surface area (Å²) in [5.74, 6) is -0.699. The molecule has 0 atom stereocenters. The average molecular weight is 311 g/mol. The average Bonchev–Trinajstić information content (AvgIpc) is 2.46. The lowest BCUT2D eigenvalue weighted by atomic mass is 10.1. The third-order valence-corrected chi connectivity index (χ3v) is 3.10. The molecule has 2 rings (SSSR count). The largest absolute Gasteiger partial charge is 0.496 e. The second-order valence-corrected chi connectivity index (χ2v) is 4.60. The van der Waals surface area contributed by atoms with Gasteiger partial charge in [-0.3, -0.25) is 0 Å². The second-order valence-electron chi connectivity index (χ2n) is 4.20. The number of hydrogen-bond donors (Lipinski definition) is 1. The Kier molecular flexibility index (Phi) is 4.65. The first-order valence-corrected chi connectivity index (χ1v) is 6.37. The van der Waals surface area contributed by atoms with Crippen molar-refractivity contribution in [3.8, 4) is 11.5 Å². The van der Waals surface area contributed by atoms with Crippen LogP contribution < -0.4 is 9.47 Å². The lowest BCUT2D eigenvalue weighted by Gasteiger charge is -2.12. The van der Waals surface area contributed by atoms with Crippen LogP contribution in [0, 0.1) is 5.82 Å². The van der Waals surface area contributed by atoms with Crippen molar-refractivity contribution < 1.29 is 23.8 Å². The fourth-order valence-electron chi connectivity index (χ4n) is 1.77. The van der Waals surface area contributed by atoms with Crippen LogP contribution in [-0.4, -0.2) is 18.2 Å². The van der Waals surface area contributed by atoms with Gasteiger partial charge >= 0.3 is 5.97 Å². The molecule has 21 heavy (non-hydrogen) atoms. The van der Waals surface area contributed by atoms with Crippen molar-refractivity contribution in [3.63, 3.8) is 0 Å². The summed E-state index contributed by atoms with van der Waals surface area (Å²) in [6, 6.07) is 8.22. The van der Waals surface area contributed by atoms with E-state index < -0.39 is 11.8 Å². The van der Waals surface area contributed by atoms with Gasteiger partial charge in [-0.1, -0.05) is 11.6 Å². The Morgan fingerprint density at radius 1 is 1.24 bits per heavy atom. The first-order chi connectivity index (χ1) is 10.0. The van der Waals surface area contributed by atoms with Crippen LogP contribution in [0.15, 0.2) is 36.4 Å². The van der Waals surface area contributed by atoms with Gasteiger partial charge in [-0.2, -0.15) is 0 Å². The first-order valence-electron chi connectivity index (χ1n) is 5.99. The van der Waals surface area contributed by atoms with Crippen molar-refractivity contribution in [1.82, 2.24) is 0 Å². The van der Waals surface area contributed by atoms with Crippen molar-refractivity contribution in [3.05, 3.63) is 58.4 Å². The van der Waals surface area contributed by atoms with Gasteiger partial charge in [0.1, 0.15) is 23.9 Å². The van der Waals surface area contributed by atoms with E-state index in [-0.39, 0.29) is 17.2 Å². The summed E-state index contributed by atoms with van der Waals surface area (Å²) < 4.78 is 23.6. The highest BCUT2D eigenvalue weighted by atomic mass is 35.5. The fraction of sp³-hybridized carbons (Fsp3) is 0.133. The zero-order chi connectivity index (χ0) is 15.4. The van der Waals surface area contributed by atoms with E-state index in [0.717, 1.165) is 6.07 Å². The number of hydrogen-bond acceptors (Lipinski definition) is 3. The molecule has 0 unspecified atom stereocenters. The van der Waals surface area contributed by atoms with Crippen LogP contribution in [0.25, 0.3) is 0 Å². The highest BCUT2D eigenvalue weighted by Crippen LogP contribution is 2.27. The van der Waals surface area contributed by atoms with Gasteiger partial charge in [0, 0.05) is 5.56 Å². The summed E-state index contributed by atoms with van der Waals surface area (Å²) in [5, 5.41) is 9.13. The molecule has 0 bridgehead atoms. The van der Waals surface area contributed by atoms with Gasteiger partial charge in [0.25, 0.3) is 0 Å². The molecule has 0 aliphatic carbocycles. The van der Waals surface area contributed by atoms with Gasteiger partial charge in [0.05, 0.1) is 17.7 Å². The molecule has 0 amide bonds. The Bertz CT molecular complexity index is 673. The number of halogens is 2. The molecule has 0 saturated carbocycles. The Morgan fingerprint density at radius 2 is 1.95 bits per heavy atom. The van der Waals surface area contributed by atoms with E-state index in [1.54, 1.807) is 6.07 Å². The van der Waals surface area contributed by atoms with Gasteiger partial charge in [0.2, 0.25) is 0 Å². The third-order valence-electron chi connectivity index (χ3n) is 2.80. The monoisotopic (exact) mass is 310 g/mol. The SMILES string of the molecule is COc1ccc(C(=O)O)cc1COc1ccc(F)cc1Cl. The maximum Gasteiger partial charge on any atom is 0.335 e. The number of carboxylic acid groups (broad SMARTS) is 1. The van der Waals surface area contributed by atoms with Crippen LogP contribution in [-0.2, 0) is 6.61 Å². The van der Waals surface area contributed by atoms with Crippen molar-refractivity contribution in [1.29, 1.82) is 0 Å². The highest BCUT2D eigenvalue weighted by Gasteiger charge is 2.11. The minimum Gasteiger partial charge on any atom is -0.496 e. The predicted molar refractivity (Wildman–Crippen MR) is 75.7 cm³/mol. The van der Waals surface area contributed by atoms with Gasteiger partial charge in [-0.15, -0.1) is 0 Å². The number of rotatable bonds is 5. The molecule has 110 valence electrons. The number of ether oxygens (including phenoxy) is 2. The zero-order valence-electron chi connectivity index (χ0n) is 11.1. The number of aromatic carboxylic acids is 1. The molecule has 2 aromatic carbocycles. The molecule has 4 nitrogen and oxygen atoms in total. The van der Waals surface area contributed by atoms with E-state index in [2.05, 4.69) is 0 Å². The van der Waals surface area contributed by atoms with Crippen molar-refractivity contribution in [2.24, 2.45) is 0 Å². The zero-order valence-corrected chi connectivity index (χ0v) is 11.9. The molecule has 0 aromatic heterocycles. The number of carboxylic acids is 1. The van der Waals surface area contributed by atoms with E-state index in [0.29, 0.717) is 17.1 Å². The Morgan fingerprint density at radius 3 is 2.57 bits per heavy atom. The molecule has 0 fully saturated rings. The predicted octanol–water partition coefficient (Wildman–Crippen LogP) is 3.76. The lowest BCUT2D eigenvalue weighted by molar-refractivity contribution is 0.0696. The van der Waals surface area contributed by atoms with Crippen molar-refractivity contribution in [2.75, 3.05) is 7.11 Å². The van der Waals surface area contributed by atoms with Crippen LogP contribution in [0.3, 0.4) is 0 Å². The van der Waals surface area contributed by atoms with E-state index >= 15 is 0 Å². The summed E-state index contributed by atoms with van der Waals surface area (Å²) in [6.07, 6.45) is 0. The lowest BCUT2D eigenvalue weighted by Crippen LogP contribution is -2.03. The Hall–Kier alpha value is -2.27. The number of methoxy groups -OCH3 is 1. The van der Waals surface area contributed by atoms with Crippen molar-refractivity contribution in [2.45, 2.75) is 6.61 Å². The minimum absolute atomic E-state index is 0.0512. The molecule has 0 spiro atoms. The fourth-order valence-corrected chi connectivity index (χ4v) is 1.99. The van der Waals surface area contributed by atoms with Crippen LogP contribution >= 0.6 is 11.6 Å². The molecule has 6 heteroatoms. The molecule has 0 radical (unpaired) electrons. The molecular weight excluding hydrogens is 299 g/mol. The Balaban J connectivity index is 2.22. The van der Waals surface area contributed by atoms with Crippen molar-refractivity contribution >= 4 is 17.6 Å². The third kappa shape index (κ3) is 3.64. The van der Waals surface area contributed by atoms with E-state index in [9.17, 15) is 9.18 Å². The molecular formula is C15H12ClFO4. The highest BCUT2D eigenvalue weighted by molar-refractivity contribution is 6.32. The second kappa shape index (κ2) is 6.45. The normalized spacial score (nSPS) is 10.2. The molecule has 0 aliphatic rings. The van der Waals surface area contributed by atoms with E-state index in [1.165, 1.54) is 31.4 Å². The quantitative estimate of drug-likeness (QED) is 0.913. The van der Waals surface area contributed by atoms with Gasteiger partial charge < -0.3 is 14.6 Å². The summed E-state index contributed by atoms with van der Waals surface area (Å²) in [4.78, 5) is 11.0. The number of carbonyl (C=O) groups is 1. The van der Waals surface area contributed by atoms with Gasteiger partial charge in [0.15, 0.2) is 0 Å². The summed E-state index contributed by atoms with van der Waals surface area (Å²) in [7, 11) is 1.48. The summed E-state index contributed by atoms with van der Waals surface area (Å²) >= 11 is 5.86. The van der Waals surface area contributed by atoms with Crippen LogP contribution in [0.4, 0.5) is 4.39 Å². The topological polar surface area (TPSA) is 55.8 Å². The van der Waals surface area contributed by atoms with Crippen LogP contribution in [0.1, 0.15) is 15.9 Å². The molecule has 1 N–H and O–H groups in total. The van der Waals surface area contributed by atoms with Gasteiger partial charge in [-0.05, 0) is 36.4 Å². The molecule has 0 aliphatic heterocycles. The minimum atomic E-state index is -1.04. The maximum atomic E-state index is 12.9. The van der Waals surface area contributed by atoms with E-state index in [1.807, 2.05) is 0 Å². The van der Waals surface area contributed by atoms with E-state index in [4.69, 9.17) is 26.2 Å². The maximum absolute atomic E-state index is 12.9. The first kappa shape index (κ1) is 15.1. The van der Waals surface area contributed by atoms with Gasteiger partial charge in [-0.25, -0.2) is 9.18 Å².